The number of nitrogens with zero attached hydrogens (tertiary/aromatic N) is 2. The monoisotopic (exact) mass is 249 g/mol. The molecule has 2 N–H and O–H groups in total. The topological polar surface area (TPSA) is 59.3 Å². The van der Waals surface area contributed by atoms with Crippen LogP contribution in [0.2, 0.25) is 0 Å². The summed E-state index contributed by atoms with van der Waals surface area (Å²) >= 11 is 0. The number of benzene rings is 1. The van der Waals surface area contributed by atoms with E-state index in [-0.39, 0.29) is 5.75 Å². The number of hydrogen-bond donors (Lipinski definition) is 2. The van der Waals surface area contributed by atoms with E-state index >= 15 is 0 Å². The van der Waals surface area contributed by atoms with Crippen molar-refractivity contribution in [2.45, 2.75) is 6.04 Å². The van der Waals surface area contributed by atoms with Gasteiger partial charge in [0.05, 0.1) is 17.7 Å². The van der Waals surface area contributed by atoms with Crippen molar-refractivity contribution in [3.05, 3.63) is 29.3 Å². The van der Waals surface area contributed by atoms with Gasteiger partial charge >= 0.3 is 0 Å². The molecule has 1 aromatic carbocycles. The van der Waals surface area contributed by atoms with Crippen molar-refractivity contribution in [3.8, 4) is 11.8 Å². The summed E-state index contributed by atoms with van der Waals surface area (Å²) in [4.78, 5) is 1.99. The molecule has 0 radical (unpaired) electrons. The van der Waals surface area contributed by atoms with Crippen LogP contribution in [-0.2, 0) is 0 Å². The Labute approximate surface area is 106 Å². The zero-order valence-electron chi connectivity index (χ0n) is 10.1. The lowest BCUT2D eigenvalue weighted by Gasteiger charge is -2.33. The molecule has 1 saturated heterocycles. The first-order valence-electron chi connectivity index (χ1n) is 6.00. The maximum atomic E-state index is 13.3. The van der Waals surface area contributed by atoms with Crippen LogP contribution >= 0.6 is 0 Å². The molecule has 0 aromatic heterocycles. The van der Waals surface area contributed by atoms with Gasteiger partial charge in [-0.1, -0.05) is 0 Å². The van der Waals surface area contributed by atoms with Crippen molar-refractivity contribution in [1.82, 2.24) is 10.2 Å². The number of piperazine rings is 1. The predicted octanol–water partition coefficient (Wildman–Crippen LogP) is 1.18. The second kappa shape index (κ2) is 5.80. The molecular formula is C13H16FN3O. The summed E-state index contributed by atoms with van der Waals surface area (Å²) in [5.41, 5.74) is 0.940. The zero-order chi connectivity index (χ0) is 13.0. The molecular weight excluding hydrogens is 233 g/mol. The van der Waals surface area contributed by atoms with Crippen LogP contribution in [0.5, 0.6) is 5.75 Å². The number of halogens is 1. The van der Waals surface area contributed by atoms with Crippen LogP contribution in [0.25, 0.3) is 0 Å². The van der Waals surface area contributed by atoms with Gasteiger partial charge in [-0.05, 0) is 18.2 Å². The Morgan fingerprint density at radius 1 is 1.44 bits per heavy atom. The molecule has 0 spiro atoms. The minimum Gasteiger partial charge on any atom is -0.508 e. The Morgan fingerprint density at radius 2 is 2.17 bits per heavy atom. The van der Waals surface area contributed by atoms with Crippen molar-refractivity contribution >= 4 is 0 Å². The third-order valence-corrected chi connectivity index (χ3v) is 3.25. The van der Waals surface area contributed by atoms with Crippen LogP contribution in [-0.4, -0.2) is 42.9 Å². The Morgan fingerprint density at radius 3 is 2.78 bits per heavy atom. The van der Waals surface area contributed by atoms with E-state index in [0.717, 1.165) is 26.2 Å². The van der Waals surface area contributed by atoms with E-state index in [1.807, 2.05) is 11.0 Å². The molecule has 2 rings (SSSR count). The summed E-state index contributed by atoms with van der Waals surface area (Å²) in [6.07, 6.45) is 0. The van der Waals surface area contributed by atoms with Gasteiger partial charge in [0, 0.05) is 31.7 Å². The number of aromatic hydroxyl groups is 1. The first-order chi connectivity index (χ1) is 8.76. The maximum absolute atomic E-state index is 13.3. The Kier molecular flexibility index (Phi) is 4.13. The van der Waals surface area contributed by atoms with Crippen molar-refractivity contribution in [1.29, 1.82) is 5.26 Å². The van der Waals surface area contributed by atoms with E-state index in [1.54, 1.807) is 6.07 Å². The lowest BCUT2D eigenvalue weighted by atomic mass is 10.0. The average molecular weight is 249 g/mol. The molecule has 96 valence electrons. The Balaban J connectivity index is 2.28. The first kappa shape index (κ1) is 12.8. The molecule has 5 heteroatoms. The van der Waals surface area contributed by atoms with Crippen molar-refractivity contribution < 1.29 is 9.50 Å². The fourth-order valence-corrected chi connectivity index (χ4v) is 2.26. The van der Waals surface area contributed by atoms with Gasteiger partial charge in [0.2, 0.25) is 0 Å². The van der Waals surface area contributed by atoms with Crippen molar-refractivity contribution in [2.75, 3.05) is 32.9 Å². The lowest BCUT2D eigenvalue weighted by Crippen LogP contribution is -2.45. The molecule has 0 bridgehead atoms. The second-order valence-corrected chi connectivity index (χ2v) is 4.34. The lowest BCUT2D eigenvalue weighted by molar-refractivity contribution is 0.145. The van der Waals surface area contributed by atoms with Gasteiger partial charge < -0.3 is 10.4 Å². The molecule has 1 heterocycles. The standard InChI is InChI=1S/C13H16FN3O/c14-8-12(17-5-3-16-4-6-17)11-7-10(9-15)1-2-13(11)18/h1-2,7,12,16,18H,3-6,8H2/t12-/m0/s1. The molecule has 1 fully saturated rings. The highest BCUT2D eigenvalue weighted by molar-refractivity contribution is 5.43. The number of nitrogens with one attached hydrogen (secondary N) is 1. The molecule has 1 aliphatic rings. The van der Waals surface area contributed by atoms with Crippen LogP contribution in [0.3, 0.4) is 0 Å². The van der Waals surface area contributed by atoms with Crippen LogP contribution in [0.1, 0.15) is 17.2 Å². The van der Waals surface area contributed by atoms with E-state index in [9.17, 15) is 9.50 Å². The second-order valence-electron chi connectivity index (χ2n) is 4.34. The van der Waals surface area contributed by atoms with Gasteiger partial charge in [0.25, 0.3) is 0 Å². The minimum absolute atomic E-state index is 0.0511. The smallest absolute Gasteiger partial charge is 0.120 e. The predicted molar refractivity (Wildman–Crippen MR) is 66.0 cm³/mol. The largest absolute Gasteiger partial charge is 0.508 e. The zero-order valence-corrected chi connectivity index (χ0v) is 10.1. The third-order valence-electron chi connectivity index (χ3n) is 3.25. The molecule has 0 aliphatic carbocycles. The van der Waals surface area contributed by atoms with Crippen molar-refractivity contribution in [3.63, 3.8) is 0 Å². The van der Waals surface area contributed by atoms with E-state index in [1.165, 1.54) is 12.1 Å². The highest BCUT2D eigenvalue weighted by atomic mass is 19.1. The first-order valence-corrected chi connectivity index (χ1v) is 6.00. The average Bonchev–Trinajstić information content (AvgIpc) is 2.43. The van der Waals surface area contributed by atoms with E-state index < -0.39 is 12.7 Å². The molecule has 1 aliphatic heterocycles. The van der Waals surface area contributed by atoms with Gasteiger partial charge in [0.15, 0.2) is 0 Å². The van der Waals surface area contributed by atoms with E-state index in [0.29, 0.717) is 11.1 Å². The fourth-order valence-electron chi connectivity index (χ4n) is 2.26. The Bertz CT molecular complexity index is 452. The molecule has 1 atom stereocenters. The number of alkyl halides is 1. The third kappa shape index (κ3) is 2.61. The van der Waals surface area contributed by atoms with Crippen LogP contribution in [0.15, 0.2) is 18.2 Å². The van der Waals surface area contributed by atoms with Crippen LogP contribution < -0.4 is 5.32 Å². The number of nitriles is 1. The number of rotatable bonds is 3. The Hall–Kier alpha value is -1.64. The van der Waals surface area contributed by atoms with Gasteiger partial charge in [-0.15, -0.1) is 0 Å². The minimum atomic E-state index is -0.567. The molecule has 18 heavy (non-hydrogen) atoms. The summed E-state index contributed by atoms with van der Waals surface area (Å²) < 4.78 is 13.3. The highest BCUT2D eigenvalue weighted by Crippen LogP contribution is 2.30. The van der Waals surface area contributed by atoms with Gasteiger partial charge in [-0.3, -0.25) is 4.90 Å². The quantitative estimate of drug-likeness (QED) is 0.844. The number of hydrogen-bond acceptors (Lipinski definition) is 4. The molecule has 0 amide bonds. The SMILES string of the molecule is N#Cc1ccc(O)c([C@H](CF)N2CCNCC2)c1. The van der Waals surface area contributed by atoms with Gasteiger partial charge in [-0.25, -0.2) is 4.39 Å². The fraction of sp³-hybridized carbons (Fsp3) is 0.462. The molecule has 1 aromatic rings. The maximum Gasteiger partial charge on any atom is 0.120 e. The summed E-state index contributed by atoms with van der Waals surface area (Å²) in [6.45, 7) is 2.54. The van der Waals surface area contributed by atoms with Crippen LogP contribution in [0, 0.1) is 11.3 Å². The summed E-state index contributed by atoms with van der Waals surface area (Å²) in [5.74, 6) is 0.0511. The molecule has 0 unspecified atom stereocenters. The number of phenolic OH excluding ortho intramolecular Hbond substituents is 1. The van der Waals surface area contributed by atoms with Gasteiger partial charge in [0.1, 0.15) is 12.4 Å². The molecule has 0 saturated carbocycles. The van der Waals surface area contributed by atoms with E-state index in [4.69, 9.17) is 5.26 Å². The van der Waals surface area contributed by atoms with Crippen molar-refractivity contribution in [2.24, 2.45) is 0 Å². The molecule has 4 nitrogen and oxygen atoms in total. The normalized spacial score (nSPS) is 18.2. The number of phenols is 1. The summed E-state index contributed by atoms with van der Waals surface area (Å²) in [6, 6.07) is 6.10. The van der Waals surface area contributed by atoms with E-state index in [2.05, 4.69) is 5.32 Å². The highest BCUT2D eigenvalue weighted by Gasteiger charge is 2.24. The van der Waals surface area contributed by atoms with Gasteiger partial charge in [-0.2, -0.15) is 5.26 Å². The summed E-state index contributed by atoms with van der Waals surface area (Å²) in [5, 5.41) is 21.9. The summed E-state index contributed by atoms with van der Waals surface area (Å²) in [7, 11) is 0. The van der Waals surface area contributed by atoms with Crippen LogP contribution in [0.4, 0.5) is 4.39 Å².